The van der Waals surface area contributed by atoms with Gasteiger partial charge in [0, 0.05) is 19.0 Å². The number of aliphatic hydroxyl groups excluding tert-OH is 1. The average molecular weight is 212 g/mol. The molecule has 15 heavy (non-hydrogen) atoms. The van der Waals surface area contributed by atoms with Crippen molar-refractivity contribution in [3.05, 3.63) is 0 Å². The first kappa shape index (κ1) is 10.9. The Labute approximate surface area is 90.8 Å². The molecule has 2 atom stereocenters. The number of hydrogen-bond acceptors (Lipinski definition) is 3. The molecule has 0 aromatic rings. The Morgan fingerprint density at radius 3 is 2.67 bits per heavy atom. The summed E-state index contributed by atoms with van der Waals surface area (Å²) in [7, 11) is 1.96. The largest absolute Gasteiger partial charge is 0.392 e. The predicted octanol–water partition coefficient (Wildman–Crippen LogP) is 0.615. The maximum Gasteiger partial charge on any atom is 0.238 e. The van der Waals surface area contributed by atoms with Crippen LogP contribution in [-0.4, -0.2) is 46.3 Å². The molecule has 1 saturated carbocycles. The van der Waals surface area contributed by atoms with E-state index >= 15 is 0 Å². The van der Waals surface area contributed by atoms with E-state index in [1.165, 1.54) is 12.8 Å². The maximum absolute atomic E-state index is 11.8. The van der Waals surface area contributed by atoms with Crippen molar-refractivity contribution in [2.75, 3.05) is 13.6 Å². The van der Waals surface area contributed by atoms with Crippen LogP contribution in [0.5, 0.6) is 0 Å². The number of carbonyl (C=O) groups is 1. The molecule has 0 aromatic carbocycles. The Kier molecular flexibility index (Phi) is 2.51. The summed E-state index contributed by atoms with van der Waals surface area (Å²) in [5.41, 5.74) is -0.00796. The molecule has 1 amide bonds. The molecule has 0 bridgehead atoms. The van der Waals surface area contributed by atoms with Crippen LogP contribution in [0.1, 0.15) is 33.1 Å². The number of nitrogens with zero attached hydrogens (tertiary/aromatic N) is 2. The second-order valence-electron chi connectivity index (χ2n) is 5.16. The van der Waals surface area contributed by atoms with Gasteiger partial charge in [-0.1, -0.05) is 0 Å². The first-order valence-electron chi connectivity index (χ1n) is 5.67. The number of aliphatic hydroxyl groups is 1. The topological polar surface area (TPSA) is 43.8 Å². The van der Waals surface area contributed by atoms with Crippen LogP contribution in [0.3, 0.4) is 0 Å². The fourth-order valence-electron chi connectivity index (χ4n) is 2.54. The lowest BCUT2D eigenvalue weighted by Gasteiger charge is -2.36. The SMILES string of the molecule is CC(O)CN1C(=O)CC(C)(C2CC2)N1C. The molecule has 0 spiro atoms. The highest BCUT2D eigenvalue weighted by atomic mass is 16.3. The van der Waals surface area contributed by atoms with Gasteiger partial charge in [0.1, 0.15) is 0 Å². The van der Waals surface area contributed by atoms with Gasteiger partial charge in [0.25, 0.3) is 0 Å². The van der Waals surface area contributed by atoms with Crippen molar-refractivity contribution in [1.82, 2.24) is 10.0 Å². The van der Waals surface area contributed by atoms with Crippen molar-refractivity contribution in [3.8, 4) is 0 Å². The molecule has 2 rings (SSSR count). The van der Waals surface area contributed by atoms with Crippen molar-refractivity contribution < 1.29 is 9.90 Å². The molecular formula is C11H20N2O2. The van der Waals surface area contributed by atoms with E-state index in [1.54, 1.807) is 11.9 Å². The van der Waals surface area contributed by atoms with Crippen LogP contribution in [0, 0.1) is 5.92 Å². The minimum atomic E-state index is -0.460. The Balaban J connectivity index is 2.11. The maximum atomic E-state index is 11.8. The van der Waals surface area contributed by atoms with Crippen LogP contribution < -0.4 is 0 Å². The lowest BCUT2D eigenvalue weighted by Crippen LogP contribution is -2.49. The molecule has 4 nitrogen and oxygen atoms in total. The first-order valence-corrected chi connectivity index (χ1v) is 5.67. The number of hydrazine groups is 1. The van der Waals surface area contributed by atoms with Crippen molar-refractivity contribution in [3.63, 3.8) is 0 Å². The monoisotopic (exact) mass is 212 g/mol. The van der Waals surface area contributed by atoms with E-state index in [2.05, 4.69) is 6.92 Å². The fraction of sp³-hybridized carbons (Fsp3) is 0.909. The van der Waals surface area contributed by atoms with E-state index in [4.69, 9.17) is 0 Å². The van der Waals surface area contributed by atoms with Crippen molar-refractivity contribution in [2.45, 2.75) is 44.8 Å². The number of β-amino-alcohol motifs (C(OH)–C–C–N with tert-alkyl or cyclic N) is 1. The Morgan fingerprint density at radius 2 is 2.20 bits per heavy atom. The number of amides is 1. The van der Waals surface area contributed by atoms with E-state index in [-0.39, 0.29) is 11.4 Å². The molecule has 1 N–H and O–H groups in total. The third-order valence-corrected chi connectivity index (χ3v) is 3.79. The van der Waals surface area contributed by atoms with E-state index in [0.29, 0.717) is 18.9 Å². The number of carbonyl (C=O) groups excluding carboxylic acids is 1. The quantitative estimate of drug-likeness (QED) is 0.745. The van der Waals surface area contributed by atoms with Crippen LogP contribution >= 0.6 is 0 Å². The summed E-state index contributed by atoms with van der Waals surface area (Å²) in [5.74, 6) is 0.804. The van der Waals surface area contributed by atoms with Crippen LogP contribution in [0.15, 0.2) is 0 Å². The summed E-state index contributed by atoms with van der Waals surface area (Å²) in [4.78, 5) is 11.8. The standard InChI is InChI=1S/C11H20N2O2/c1-8(14)7-13-10(15)6-11(2,12(13)3)9-4-5-9/h8-9,14H,4-7H2,1-3H3. The van der Waals surface area contributed by atoms with Gasteiger partial charge in [-0.05, 0) is 32.6 Å². The second kappa shape index (κ2) is 3.46. The van der Waals surface area contributed by atoms with Gasteiger partial charge in [-0.25, -0.2) is 5.01 Å². The van der Waals surface area contributed by atoms with Gasteiger partial charge in [0.2, 0.25) is 5.91 Å². The molecule has 0 radical (unpaired) electrons. The van der Waals surface area contributed by atoms with E-state index < -0.39 is 6.10 Å². The lowest BCUT2D eigenvalue weighted by molar-refractivity contribution is -0.141. The Hall–Kier alpha value is -0.610. The first-order chi connectivity index (χ1) is 6.95. The summed E-state index contributed by atoms with van der Waals surface area (Å²) >= 11 is 0. The highest BCUT2D eigenvalue weighted by Gasteiger charge is 2.53. The minimum absolute atomic E-state index is 0.00796. The summed E-state index contributed by atoms with van der Waals surface area (Å²) in [6.45, 7) is 4.29. The predicted molar refractivity (Wildman–Crippen MR) is 56.9 cm³/mol. The molecule has 2 aliphatic rings. The van der Waals surface area contributed by atoms with Gasteiger partial charge in [-0.2, -0.15) is 0 Å². The molecule has 1 aliphatic heterocycles. The third-order valence-electron chi connectivity index (χ3n) is 3.79. The smallest absolute Gasteiger partial charge is 0.238 e. The van der Waals surface area contributed by atoms with Crippen LogP contribution in [0.2, 0.25) is 0 Å². The number of hydrogen-bond donors (Lipinski definition) is 1. The molecule has 86 valence electrons. The van der Waals surface area contributed by atoms with Crippen molar-refractivity contribution in [1.29, 1.82) is 0 Å². The Bertz CT molecular complexity index is 276. The summed E-state index contributed by atoms with van der Waals surface area (Å²) < 4.78 is 0. The molecule has 4 heteroatoms. The minimum Gasteiger partial charge on any atom is -0.392 e. The zero-order valence-electron chi connectivity index (χ0n) is 9.73. The highest BCUT2D eigenvalue weighted by Crippen LogP contribution is 2.47. The molecule has 2 fully saturated rings. The molecule has 0 aromatic heterocycles. The normalized spacial score (nSPS) is 34.9. The van der Waals surface area contributed by atoms with Gasteiger partial charge in [0.05, 0.1) is 12.6 Å². The Morgan fingerprint density at radius 1 is 1.60 bits per heavy atom. The molecule has 1 aliphatic carbocycles. The average Bonchev–Trinajstić information content (AvgIpc) is 2.92. The molecule has 1 saturated heterocycles. The summed E-state index contributed by atoms with van der Waals surface area (Å²) in [6.07, 6.45) is 2.60. The van der Waals surface area contributed by atoms with Crippen LogP contribution in [0.25, 0.3) is 0 Å². The van der Waals surface area contributed by atoms with Crippen molar-refractivity contribution in [2.24, 2.45) is 5.92 Å². The second-order valence-corrected chi connectivity index (χ2v) is 5.16. The lowest BCUT2D eigenvalue weighted by atomic mass is 9.93. The van der Waals surface area contributed by atoms with Gasteiger partial charge in [-0.15, -0.1) is 0 Å². The van der Waals surface area contributed by atoms with Gasteiger partial charge in [-0.3, -0.25) is 9.80 Å². The molecule has 1 heterocycles. The van der Waals surface area contributed by atoms with E-state index in [0.717, 1.165) is 0 Å². The highest BCUT2D eigenvalue weighted by molar-refractivity contribution is 5.79. The number of rotatable bonds is 3. The van der Waals surface area contributed by atoms with Crippen LogP contribution in [-0.2, 0) is 4.79 Å². The zero-order valence-corrected chi connectivity index (χ0v) is 9.73. The summed E-state index contributed by atoms with van der Waals surface area (Å²) in [5, 5.41) is 13.1. The third kappa shape index (κ3) is 1.76. The van der Waals surface area contributed by atoms with Gasteiger partial charge >= 0.3 is 0 Å². The molecule has 2 unspecified atom stereocenters. The van der Waals surface area contributed by atoms with Crippen molar-refractivity contribution >= 4 is 5.91 Å². The zero-order chi connectivity index (χ0) is 11.2. The van der Waals surface area contributed by atoms with E-state index in [1.807, 2.05) is 12.1 Å². The summed E-state index contributed by atoms with van der Waals surface area (Å²) in [6, 6.07) is 0. The van der Waals surface area contributed by atoms with Gasteiger partial charge < -0.3 is 5.11 Å². The fourth-order valence-corrected chi connectivity index (χ4v) is 2.54. The molecular weight excluding hydrogens is 192 g/mol. The van der Waals surface area contributed by atoms with Gasteiger partial charge in [0.15, 0.2) is 0 Å². The van der Waals surface area contributed by atoms with Crippen LogP contribution in [0.4, 0.5) is 0 Å². The van der Waals surface area contributed by atoms with E-state index in [9.17, 15) is 9.90 Å².